The standard InChI is InChI=1S/C14H20N4O4S.ClH/c1-2-15-7-8-16-13(19)10-4-3-9-17(10)14(20)11-5-6-12(23-11)18(21)22;/h5-6,10,15H,2-4,7-9H2,1H3,(H,16,19);1H. The van der Waals surface area contributed by atoms with Crippen LogP contribution >= 0.6 is 23.7 Å². The number of hydrogen-bond acceptors (Lipinski definition) is 6. The maximum atomic E-state index is 12.5. The Kier molecular flexibility index (Phi) is 8.09. The van der Waals surface area contributed by atoms with Crippen LogP contribution in [0.15, 0.2) is 12.1 Å². The van der Waals surface area contributed by atoms with Crippen LogP contribution in [0, 0.1) is 10.1 Å². The summed E-state index contributed by atoms with van der Waals surface area (Å²) in [5.74, 6) is -0.479. The van der Waals surface area contributed by atoms with E-state index in [-0.39, 0.29) is 29.2 Å². The molecule has 1 aliphatic heterocycles. The highest BCUT2D eigenvalue weighted by Crippen LogP contribution is 2.28. The average molecular weight is 377 g/mol. The number of nitrogens with one attached hydrogen (secondary N) is 2. The summed E-state index contributed by atoms with van der Waals surface area (Å²) in [4.78, 5) is 36.7. The number of halogens is 1. The van der Waals surface area contributed by atoms with E-state index in [0.29, 0.717) is 30.9 Å². The van der Waals surface area contributed by atoms with Gasteiger partial charge in [0.15, 0.2) is 0 Å². The van der Waals surface area contributed by atoms with Crippen LogP contribution in [0.5, 0.6) is 0 Å². The van der Waals surface area contributed by atoms with Crippen molar-refractivity contribution in [2.75, 3.05) is 26.2 Å². The van der Waals surface area contributed by atoms with Crippen LogP contribution in [0.2, 0.25) is 0 Å². The molecule has 10 heteroatoms. The zero-order valence-corrected chi connectivity index (χ0v) is 15.0. The van der Waals surface area contributed by atoms with Gasteiger partial charge in [-0.25, -0.2) is 0 Å². The van der Waals surface area contributed by atoms with Gasteiger partial charge in [-0.15, -0.1) is 12.4 Å². The van der Waals surface area contributed by atoms with Gasteiger partial charge >= 0.3 is 5.00 Å². The molecule has 0 aliphatic carbocycles. The maximum absolute atomic E-state index is 12.5. The second-order valence-corrected chi connectivity index (χ2v) is 6.26. The van der Waals surface area contributed by atoms with Gasteiger partial charge in [0.25, 0.3) is 5.91 Å². The predicted molar refractivity (Wildman–Crippen MR) is 93.8 cm³/mol. The van der Waals surface area contributed by atoms with Gasteiger partial charge in [-0.2, -0.15) is 0 Å². The lowest BCUT2D eigenvalue weighted by Gasteiger charge is -2.23. The van der Waals surface area contributed by atoms with Crippen LogP contribution in [0.25, 0.3) is 0 Å². The molecular formula is C14H21ClN4O4S. The fraction of sp³-hybridized carbons (Fsp3) is 0.571. The summed E-state index contributed by atoms with van der Waals surface area (Å²) in [5.41, 5.74) is 0. The SMILES string of the molecule is CCNCCNC(=O)C1CCCN1C(=O)c1ccc([N+](=O)[O-])s1.Cl. The smallest absolute Gasteiger partial charge is 0.324 e. The van der Waals surface area contributed by atoms with Gasteiger partial charge in [0.1, 0.15) is 6.04 Å². The van der Waals surface area contributed by atoms with Gasteiger partial charge in [0.05, 0.1) is 9.80 Å². The topological polar surface area (TPSA) is 105 Å². The molecule has 2 N–H and O–H groups in total. The predicted octanol–water partition coefficient (Wildman–Crippen LogP) is 1.41. The molecular weight excluding hydrogens is 356 g/mol. The monoisotopic (exact) mass is 376 g/mol. The molecule has 24 heavy (non-hydrogen) atoms. The Labute approximate surface area is 150 Å². The molecule has 0 bridgehead atoms. The summed E-state index contributed by atoms with van der Waals surface area (Å²) in [6, 6.07) is 2.27. The zero-order chi connectivity index (χ0) is 16.8. The Hall–Kier alpha value is -1.71. The van der Waals surface area contributed by atoms with E-state index in [9.17, 15) is 19.7 Å². The van der Waals surface area contributed by atoms with Gasteiger partial charge in [-0.05, 0) is 25.5 Å². The Bertz CT molecular complexity index is 595. The summed E-state index contributed by atoms with van der Waals surface area (Å²) in [6.07, 6.45) is 1.37. The number of carbonyl (C=O) groups excluding carboxylic acids is 2. The van der Waals surface area contributed by atoms with Crippen LogP contribution in [0.1, 0.15) is 29.4 Å². The first-order chi connectivity index (χ1) is 11.0. The number of likely N-dealkylation sites (N-methyl/N-ethyl adjacent to an activating group) is 1. The highest BCUT2D eigenvalue weighted by atomic mass is 35.5. The van der Waals surface area contributed by atoms with Crippen molar-refractivity contribution < 1.29 is 14.5 Å². The molecule has 134 valence electrons. The van der Waals surface area contributed by atoms with Gasteiger partial charge in [0, 0.05) is 25.7 Å². The van der Waals surface area contributed by atoms with Crippen molar-refractivity contribution in [1.29, 1.82) is 0 Å². The molecule has 1 fully saturated rings. The normalized spacial score (nSPS) is 16.5. The molecule has 0 radical (unpaired) electrons. The first-order valence-electron chi connectivity index (χ1n) is 7.58. The van der Waals surface area contributed by atoms with Crippen LogP contribution < -0.4 is 10.6 Å². The van der Waals surface area contributed by atoms with Crippen molar-refractivity contribution in [3.63, 3.8) is 0 Å². The third kappa shape index (κ3) is 4.89. The number of hydrogen-bond donors (Lipinski definition) is 2. The number of carbonyl (C=O) groups is 2. The summed E-state index contributed by atoms with van der Waals surface area (Å²) in [5, 5.41) is 16.6. The summed E-state index contributed by atoms with van der Waals surface area (Å²) < 4.78 is 0. The van der Waals surface area contributed by atoms with Crippen LogP contribution in [0.4, 0.5) is 5.00 Å². The van der Waals surface area contributed by atoms with Crippen LogP contribution in [-0.4, -0.2) is 53.9 Å². The summed E-state index contributed by atoms with van der Waals surface area (Å²) in [6.45, 7) is 4.51. The van der Waals surface area contributed by atoms with E-state index in [1.807, 2.05) is 6.92 Å². The molecule has 2 rings (SSSR count). The van der Waals surface area contributed by atoms with Crippen molar-refractivity contribution in [1.82, 2.24) is 15.5 Å². The molecule has 1 saturated heterocycles. The molecule has 1 aliphatic rings. The maximum Gasteiger partial charge on any atom is 0.324 e. The Morgan fingerprint density at radius 3 is 2.79 bits per heavy atom. The van der Waals surface area contributed by atoms with Gasteiger partial charge in [0.2, 0.25) is 5.91 Å². The molecule has 0 saturated carbocycles. The Balaban J connectivity index is 0.00000288. The Morgan fingerprint density at radius 1 is 1.42 bits per heavy atom. The number of nitro groups is 1. The Morgan fingerprint density at radius 2 is 2.17 bits per heavy atom. The van der Waals surface area contributed by atoms with E-state index in [1.165, 1.54) is 17.0 Å². The fourth-order valence-corrected chi connectivity index (χ4v) is 3.31. The number of amides is 2. The van der Waals surface area contributed by atoms with Crippen molar-refractivity contribution in [3.8, 4) is 0 Å². The molecule has 2 amide bonds. The van der Waals surface area contributed by atoms with Crippen LogP contribution in [0.3, 0.4) is 0 Å². The van der Waals surface area contributed by atoms with Gasteiger partial charge in [-0.3, -0.25) is 19.7 Å². The molecule has 0 aromatic carbocycles. The highest BCUT2D eigenvalue weighted by molar-refractivity contribution is 7.17. The number of thiophene rings is 1. The van der Waals surface area contributed by atoms with E-state index in [4.69, 9.17) is 0 Å². The van der Waals surface area contributed by atoms with Crippen molar-refractivity contribution >= 4 is 40.6 Å². The van der Waals surface area contributed by atoms with Gasteiger partial charge < -0.3 is 15.5 Å². The van der Waals surface area contributed by atoms with E-state index in [1.54, 1.807) is 0 Å². The third-order valence-electron chi connectivity index (χ3n) is 3.65. The second-order valence-electron chi connectivity index (χ2n) is 5.20. The van der Waals surface area contributed by atoms with E-state index < -0.39 is 11.0 Å². The highest BCUT2D eigenvalue weighted by Gasteiger charge is 2.35. The van der Waals surface area contributed by atoms with E-state index in [2.05, 4.69) is 10.6 Å². The third-order valence-corrected chi connectivity index (χ3v) is 4.67. The summed E-state index contributed by atoms with van der Waals surface area (Å²) in [7, 11) is 0. The molecule has 1 aromatic rings. The van der Waals surface area contributed by atoms with E-state index >= 15 is 0 Å². The number of nitrogens with zero attached hydrogens (tertiary/aromatic N) is 2. The molecule has 8 nitrogen and oxygen atoms in total. The number of rotatable bonds is 7. The van der Waals surface area contributed by atoms with Crippen molar-refractivity contribution in [2.24, 2.45) is 0 Å². The first kappa shape index (κ1) is 20.3. The first-order valence-corrected chi connectivity index (χ1v) is 8.40. The molecule has 0 spiro atoms. The minimum atomic E-state index is -0.518. The van der Waals surface area contributed by atoms with Crippen molar-refractivity contribution in [2.45, 2.75) is 25.8 Å². The quantitative estimate of drug-likeness (QED) is 0.425. The lowest BCUT2D eigenvalue weighted by atomic mass is 10.2. The lowest BCUT2D eigenvalue weighted by Crippen LogP contribution is -2.47. The van der Waals surface area contributed by atoms with Crippen molar-refractivity contribution in [3.05, 3.63) is 27.1 Å². The fourth-order valence-electron chi connectivity index (χ4n) is 2.53. The molecule has 1 unspecified atom stereocenters. The molecule has 2 heterocycles. The average Bonchev–Trinajstić information content (AvgIpc) is 3.19. The van der Waals surface area contributed by atoms with Gasteiger partial charge in [-0.1, -0.05) is 18.3 Å². The molecule has 1 aromatic heterocycles. The molecule has 1 atom stereocenters. The lowest BCUT2D eigenvalue weighted by molar-refractivity contribution is -0.380. The zero-order valence-electron chi connectivity index (χ0n) is 13.3. The second kappa shape index (κ2) is 9.55. The summed E-state index contributed by atoms with van der Waals surface area (Å²) >= 11 is 0.842. The number of likely N-dealkylation sites (tertiary alicyclic amines) is 1. The van der Waals surface area contributed by atoms with E-state index in [0.717, 1.165) is 24.3 Å². The largest absolute Gasteiger partial charge is 0.353 e. The minimum Gasteiger partial charge on any atom is -0.353 e. The van der Waals surface area contributed by atoms with Crippen LogP contribution in [-0.2, 0) is 4.79 Å². The minimum absolute atomic E-state index is 0.